The Bertz CT molecular complexity index is 1100. The molecule has 31 heavy (non-hydrogen) atoms. The van der Waals surface area contributed by atoms with Crippen LogP contribution in [0.2, 0.25) is 5.02 Å². The van der Waals surface area contributed by atoms with Crippen molar-refractivity contribution in [2.24, 2.45) is 4.99 Å². The summed E-state index contributed by atoms with van der Waals surface area (Å²) in [5.41, 5.74) is 4.71. The monoisotopic (exact) mass is 450 g/mol. The van der Waals surface area contributed by atoms with Crippen LogP contribution in [-0.2, 0) is 0 Å². The molecule has 0 bridgehead atoms. The Morgan fingerprint density at radius 2 is 1.81 bits per heavy atom. The molecule has 1 aliphatic rings. The van der Waals surface area contributed by atoms with Gasteiger partial charge in [-0.25, -0.2) is 0 Å². The Kier molecular flexibility index (Phi) is 6.64. The minimum Gasteiger partial charge on any atom is -0.495 e. The minimum atomic E-state index is -0.219. The Balaban J connectivity index is 1.58. The lowest BCUT2D eigenvalue weighted by molar-refractivity contribution is 0.102. The van der Waals surface area contributed by atoms with Gasteiger partial charge in [-0.15, -0.1) is 11.8 Å². The number of nitrogens with zero attached hydrogens (tertiary/aromatic N) is 2. The Hall–Kier alpha value is -2.76. The number of aliphatic imine (C=N–C) groups is 1. The summed E-state index contributed by atoms with van der Waals surface area (Å²) in [7, 11) is 1.67. The van der Waals surface area contributed by atoms with Gasteiger partial charge in [-0.2, -0.15) is 0 Å². The number of para-hydroxylation sites is 2. The fraction of sp³-hybridized carbons (Fsp3) is 0.200. The number of ether oxygens (including phenoxy) is 1. The highest BCUT2D eigenvalue weighted by atomic mass is 35.5. The molecular weight excluding hydrogens is 428 g/mol. The number of anilines is 1. The summed E-state index contributed by atoms with van der Waals surface area (Å²) < 4.78 is 5.59. The number of carbonyl (C=O) groups is 1. The zero-order valence-corrected chi connectivity index (χ0v) is 19.0. The van der Waals surface area contributed by atoms with Crippen LogP contribution in [0.1, 0.15) is 21.5 Å². The van der Waals surface area contributed by atoms with Crippen LogP contribution in [-0.4, -0.2) is 36.4 Å². The number of hydrogen-bond acceptors (Lipinski definition) is 5. The maximum Gasteiger partial charge on any atom is 0.172 e. The minimum absolute atomic E-state index is 0.0561. The second-order valence-electron chi connectivity index (χ2n) is 7.31. The Morgan fingerprint density at radius 3 is 2.52 bits per heavy atom. The van der Waals surface area contributed by atoms with Crippen LogP contribution in [0.4, 0.5) is 5.69 Å². The zero-order valence-electron chi connectivity index (χ0n) is 17.4. The lowest BCUT2D eigenvalue weighted by Gasteiger charge is -2.26. The first-order valence-corrected chi connectivity index (χ1v) is 11.4. The summed E-state index contributed by atoms with van der Waals surface area (Å²) in [6.07, 6.45) is 0. The molecule has 0 saturated heterocycles. The quantitative estimate of drug-likeness (QED) is 0.422. The molecule has 158 valence electrons. The highest BCUT2D eigenvalue weighted by molar-refractivity contribution is 8.00. The smallest absolute Gasteiger partial charge is 0.172 e. The molecular formula is C25H23ClN2O2S. The second-order valence-corrected chi connectivity index (χ2v) is 8.79. The van der Waals surface area contributed by atoms with Gasteiger partial charge in [0.25, 0.3) is 0 Å². The molecule has 4 nitrogen and oxygen atoms in total. The highest BCUT2D eigenvalue weighted by Gasteiger charge is 2.30. The average Bonchev–Trinajstić information content (AvgIpc) is 3.22. The number of hydrogen-bond donors (Lipinski definition) is 0. The van der Waals surface area contributed by atoms with E-state index in [1.165, 1.54) is 17.3 Å². The molecule has 6 heteroatoms. The van der Waals surface area contributed by atoms with Gasteiger partial charge in [0.1, 0.15) is 5.75 Å². The van der Waals surface area contributed by atoms with E-state index >= 15 is 0 Å². The normalized spacial score (nSPS) is 15.6. The van der Waals surface area contributed by atoms with Crippen LogP contribution in [0.15, 0.2) is 77.8 Å². The number of aryl methyl sites for hydroxylation is 1. The van der Waals surface area contributed by atoms with Crippen LogP contribution in [0.5, 0.6) is 5.75 Å². The molecule has 1 heterocycles. The largest absolute Gasteiger partial charge is 0.495 e. The topological polar surface area (TPSA) is 41.9 Å². The number of carbonyl (C=O) groups excluding carboxylic acids is 1. The lowest BCUT2D eigenvalue weighted by atomic mass is 10.1. The number of thioether (sulfide) groups is 1. The highest BCUT2D eigenvalue weighted by Crippen LogP contribution is 2.36. The third-order valence-corrected chi connectivity index (χ3v) is 6.50. The average molecular weight is 451 g/mol. The van der Waals surface area contributed by atoms with Crippen molar-refractivity contribution in [2.75, 3.05) is 24.3 Å². The van der Waals surface area contributed by atoms with Gasteiger partial charge in [0.15, 0.2) is 11.3 Å². The number of Topliss-reactive ketones (excluding diaryl/α,β-unsaturated/α-hetero) is 1. The van der Waals surface area contributed by atoms with Gasteiger partial charge in [-0.3, -0.25) is 9.79 Å². The molecule has 0 unspecified atom stereocenters. The van der Waals surface area contributed by atoms with Crippen LogP contribution in [0.3, 0.4) is 0 Å². The molecule has 3 aromatic carbocycles. The molecule has 1 atom stereocenters. The number of ketones is 1. The number of rotatable bonds is 7. The second kappa shape index (κ2) is 9.58. The zero-order chi connectivity index (χ0) is 21.8. The fourth-order valence-corrected chi connectivity index (χ4v) is 4.63. The summed E-state index contributed by atoms with van der Waals surface area (Å²) in [6.45, 7) is 2.72. The van der Waals surface area contributed by atoms with Crippen LogP contribution < -0.4 is 9.64 Å². The molecule has 1 aliphatic heterocycles. The van der Waals surface area contributed by atoms with Crippen molar-refractivity contribution < 1.29 is 9.53 Å². The van der Waals surface area contributed by atoms with E-state index in [9.17, 15) is 4.79 Å². The first kappa shape index (κ1) is 21.5. The van der Waals surface area contributed by atoms with E-state index in [4.69, 9.17) is 21.3 Å². The number of methoxy groups -OCH3 is 1. The van der Waals surface area contributed by atoms with Gasteiger partial charge in [0.05, 0.1) is 30.8 Å². The van der Waals surface area contributed by atoms with Crippen LogP contribution in [0, 0.1) is 6.92 Å². The van der Waals surface area contributed by atoms with Crippen molar-refractivity contribution in [3.63, 3.8) is 0 Å². The van der Waals surface area contributed by atoms with Gasteiger partial charge in [0.2, 0.25) is 0 Å². The molecule has 0 saturated carbocycles. The standard InChI is InChI=1S/C25H23ClN2O2S/c1-17-7-9-18(10-8-17)21-15-28(22-5-3-4-6-24(22)30-2)25(27-21)31-16-23(29)19-11-13-20(26)14-12-19/h3-14,25H,15-16H2,1-2H3/t25-/m1/s1. The molecule has 0 aliphatic carbocycles. The van der Waals surface area contributed by atoms with E-state index < -0.39 is 0 Å². The van der Waals surface area contributed by atoms with Gasteiger partial charge < -0.3 is 9.64 Å². The molecule has 3 aromatic rings. The third kappa shape index (κ3) is 4.94. The molecule has 0 radical (unpaired) electrons. The molecule has 0 spiro atoms. The predicted molar refractivity (Wildman–Crippen MR) is 130 cm³/mol. The van der Waals surface area contributed by atoms with Crippen molar-refractivity contribution in [1.82, 2.24) is 0 Å². The first-order valence-electron chi connectivity index (χ1n) is 9.99. The summed E-state index contributed by atoms with van der Waals surface area (Å²) in [4.78, 5) is 19.9. The van der Waals surface area contributed by atoms with Crippen molar-refractivity contribution in [3.05, 3.63) is 94.5 Å². The molecule has 0 amide bonds. The van der Waals surface area contributed by atoms with E-state index in [0.717, 1.165) is 22.7 Å². The van der Waals surface area contributed by atoms with Crippen molar-refractivity contribution in [2.45, 2.75) is 12.4 Å². The maximum absolute atomic E-state index is 12.7. The van der Waals surface area contributed by atoms with Gasteiger partial charge in [-0.1, -0.05) is 53.6 Å². The summed E-state index contributed by atoms with van der Waals surface area (Å²) >= 11 is 7.46. The SMILES string of the molecule is COc1ccccc1N1CC(c2ccc(C)cc2)=N[C@H]1SCC(=O)c1ccc(Cl)cc1. The van der Waals surface area contributed by atoms with Gasteiger partial charge >= 0.3 is 0 Å². The number of benzene rings is 3. The molecule has 4 rings (SSSR count). The number of halogens is 1. The van der Waals surface area contributed by atoms with Crippen molar-refractivity contribution in [1.29, 1.82) is 0 Å². The summed E-state index contributed by atoms with van der Waals surface area (Å²) in [5, 5.41) is 0.620. The van der Waals surface area contributed by atoms with Crippen molar-refractivity contribution >= 4 is 40.5 Å². The molecule has 0 fully saturated rings. The molecule has 0 N–H and O–H groups in total. The predicted octanol–water partition coefficient (Wildman–Crippen LogP) is 5.87. The summed E-state index contributed by atoms with van der Waals surface area (Å²) in [5.74, 6) is 1.17. The first-order chi connectivity index (χ1) is 15.0. The maximum atomic E-state index is 12.7. The van der Waals surface area contributed by atoms with Crippen LogP contribution >= 0.6 is 23.4 Å². The van der Waals surface area contributed by atoms with Gasteiger partial charge in [-0.05, 0) is 48.9 Å². The van der Waals surface area contributed by atoms with Crippen LogP contribution in [0.25, 0.3) is 0 Å². The fourth-order valence-electron chi connectivity index (χ4n) is 3.46. The third-order valence-electron chi connectivity index (χ3n) is 5.16. The van der Waals surface area contributed by atoms with E-state index in [1.807, 2.05) is 24.3 Å². The Labute approximate surface area is 191 Å². The van der Waals surface area contributed by atoms with Crippen molar-refractivity contribution in [3.8, 4) is 5.75 Å². The lowest BCUT2D eigenvalue weighted by Crippen LogP contribution is -2.30. The van der Waals surface area contributed by atoms with E-state index in [-0.39, 0.29) is 11.3 Å². The Morgan fingerprint density at radius 1 is 1.10 bits per heavy atom. The van der Waals surface area contributed by atoms with E-state index in [1.54, 1.807) is 31.4 Å². The van der Waals surface area contributed by atoms with Gasteiger partial charge in [0, 0.05) is 10.6 Å². The molecule has 0 aromatic heterocycles. The summed E-state index contributed by atoms with van der Waals surface area (Å²) in [6, 6.07) is 23.3. The van der Waals surface area contributed by atoms with E-state index in [0.29, 0.717) is 22.9 Å². The van der Waals surface area contributed by atoms with E-state index in [2.05, 4.69) is 36.1 Å².